The van der Waals surface area contributed by atoms with Gasteiger partial charge in [-0.1, -0.05) is 54.4 Å². The Balaban J connectivity index is 4.81. The molecule has 0 aromatic heterocycles. The summed E-state index contributed by atoms with van der Waals surface area (Å²) in [6.07, 6.45) is 2.31. The fourth-order valence-corrected chi connectivity index (χ4v) is 8.21. The molecule has 0 aliphatic carbocycles. The van der Waals surface area contributed by atoms with Gasteiger partial charge in [0.2, 0.25) is 9.76 Å². The minimum atomic E-state index is -2.06. The molecule has 0 aromatic carbocycles. The highest BCUT2D eigenvalue weighted by molar-refractivity contribution is 6.77. The van der Waals surface area contributed by atoms with Crippen LogP contribution < -0.4 is 0 Å². The van der Waals surface area contributed by atoms with Gasteiger partial charge in [-0.3, -0.25) is 4.79 Å². The van der Waals surface area contributed by atoms with Crippen molar-refractivity contribution >= 4 is 24.0 Å². The lowest BCUT2D eigenvalue weighted by molar-refractivity contribution is -0.139. The number of hydrogen-bond donors (Lipinski definition) is 0. The zero-order valence-electron chi connectivity index (χ0n) is 16.8. The van der Waals surface area contributed by atoms with Gasteiger partial charge in [0.25, 0.3) is 14.3 Å². The third-order valence-electron chi connectivity index (χ3n) is 4.34. The molecule has 0 aliphatic rings. The number of carbonyl (C=O) groups is 1. The molecular weight excluding hydrogens is 320 g/mol. The Morgan fingerprint density at radius 3 is 2.00 bits per heavy atom. The maximum atomic E-state index is 12.6. The molecule has 0 fully saturated rings. The van der Waals surface area contributed by atoms with Gasteiger partial charge in [0, 0.05) is 5.60 Å². The summed E-state index contributed by atoms with van der Waals surface area (Å²) in [5.41, 5.74) is 0.773. The van der Waals surface area contributed by atoms with Crippen molar-refractivity contribution < 1.29 is 13.6 Å². The van der Waals surface area contributed by atoms with Gasteiger partial charge in [0.05, 0.1) is 5.92 Å². The van der Waals surface area contributed by atoms with Crippen molar-refractivity contribution in [3.8, 4) is 0 Å². The summed E-state index contributed by atoms with van der Waals surface area (Å²) in [6.45, 7) is 19.2. The van der Waals surface area contributed by atoms with Crippen LogP contribution in [0.4, 0.5) is 0 Å². The second kappa shape index (κ2) is 9.99. The number of rotatable bonds is 10. The van der Waals surface area contributed by atoms with E-state index in [1.165, 1.54) is 0 Å². The van der Waals surface area contributed by atoms with E-state index in [9.17, 15) is 4.79 Å². The van der Waals surface area contributed by atoms with Gasteiger partial charge in [0.15, 0.2) is 0 Å². The lowest BCUT2D eigenvalue weighted by Gasteiger charge is -2.39. The van der Waals surface area contributed by atoms with Crippen LogP contribution in [-0.2, 0) is 13.6 Å². The quantitative estimate of drug-likeness (QED) is 0.478. The van der Waals surface area contributed by atoms with Crippen LogP contribution in [0.2, 0.25) is 23.2 Å². The summed E-state index contributed by atoms with van der Waals surface area (Å²) in [6, 6.07) is 1.84. The standard InChI is InChI=1S/C18H38O3Si2/c1-10-11-12-23(14(2)3,15(4)5)20-17(19)16(6)13-22-21-18(7,8)9/h14-16H,10-13H2,1-9H3. The highest BCUT2D eigenvalue weighted by atomic mass is 28.4. The fraction of sp³-hybridized carbons (Fsp3) is 0.944. The van der Waals surface area contributed by atoms with Gasteiger partial charge in [-0.2, -0.15) is 0 Å². The molecule has 0 spiro atoms. The SMILES string of the molecule is CCCC[Si](OC(=O)C(C)C[Si]OC(C)(C)C)(C(C)C)C(C)C. The van der Waals surface area contributed by atoms with E-state index in [-0.39, 0.29) is 17.5 Å². The summed E-state index contributed by atoms with van der Waals surface area (Å²) in [5.74, 6) is -0.0955. The largest absolute Gasteiger partial charge is 0.518 e. The zero-order chi connectivity index (χ0) is 18.3. The molecule has 0 N–H and O–H groups in total. The first-order valence-corrected chi connectivity index (χ1v) is 12.5. The average Bonchev–Trinajstić information content (AvgIpc) is 2.40. The molecule has 0 amide bonds. The Kier molecular flexibility index (Phi) is 9.93. The van der Waals surface area contributed by atoms with Gasteiger partial charge in [-0.05, 0) is 43.9 Å². The van der Waals surface area contributed by atoms with Gasteiger partial charge in [-0.25, -0.2) is 0 Å². The highest BCUT2D eigenvalue weighted by Gasteiger charge is 2.45. The topological polar surface area (TPSA) is 35.5 Å². The van der Waals surface area contributed by atoms with E-state index < -0.39 is 8.32 Å². The fourth-order valence-electron chi connectivity index (χ4n) is 2.74. The summed E-state index contributed by atoms with van der Waals surface area (Å²) in [5, 5.41) is 0. The number of hydrogen-bond acceptors (Lipinski definition) is 3. The molecular formula is C18H38O3Si2. The lowest BCUT2D eigenvalue weighted by Crippen LogP contribution is -2.47. The van der Waals surface area contributed by atoms with Crippen LogP contribution in [0.5, 0.6) is 0 Å². The predicted octanol–water partition coefficient (Wildman–Crippen LogP) is 5.58. The van der Waals surface area contributed by atoms with Crippen LogP contribution in [0.1, 0.15) is 75.2 Å². The van der Waals surface area contributed by atoms with Gasteiger partial charge >= 0.3 is 0 Å². The molecule has 0 saturated carbocycles. The molecule has 0 saturated heterocycles. The van der Waals surface area contributed by atoms with Crippen LogP contribution in [-0.4, -0.2) is 29.7 Å². The van der Waals surface area contributed by atoms with E-state index in [0.717, 1.165) is 24.9 Å². The van der Waals surface area contributed by atoms with Crippen molar-refractivity contribution in [1.82, 2.24) is 0 Å². The van der Waals surface area contributed by atoms with Crippen LogP contribution >= 0.6 is 0 Å². The Hall–Kier alpha value is -0.136. The third-order valence-corrected chi connectivity index (χ3v) is 11.5. The summed E-state index contributed by atoms with van der Waals surface area (Å²) < 4.78 is 12.0. The molecule has 0 bridgehead atoms. The molecule has 23 heavy (non-hydrogen) atoms. The highest BCUT2D eigenvalue weighted by Crippen LogP contribution is 2.39. The summed E-state index contributed by atoms with van der Waals surface area (Å²) >= 11 is 0. The van der Waals surface area contributed by atoms with Crippen LogP contribution in [0.3, 0.4) is 0 Å². The Morgan fingerprint density at radius 1 is 1.09 bits per heavy atom. The molecule has 1 atom stereocenters. The van der Waals surface area contributed by atoms with Crippen molar-refractivity contribution in [2.75, 3.05) is 0 Å². The zero-order valence-corrected chi connectivity index (χ0v) is 18.8. The van der Waals surface area contributed by atoms with Crippen molar-refractivity contribution in [1.29, 1.82) is 0 Å². The summed E-state index contributed by atoms with van der Waals surface area (Å²) in [7, 11) is -1.71. The monoisotopic (exact) mass is 358 g/mol. The first kappa shape index (κ1) is 22.9. The van der Waals surface area contributed by atoms with Crippen LogP contribution in [0.15, 0.2) is 0 Å². The van der Waals surface area contributed by atoms with Crippen molar-refractivity contribution in [2.45, 2.75) is 104 Å². The molecule has 136 valence electrons. The van der Waals surface area contributed by atoms with Crippen LogP contribution in [0, 0.1) is 5.92 Å². The maximum Gasteiger partial charge on any atom is 0.295 e. The molecule has 1 unspecified atom stereocenters. The van der Waals surface area contributed by atoms with Gasteiger partial charge in [0.1, 0.15) is 0 Å². The van der Waals surface area contributed by atoms with E-state index in [4.69, 9.17) is 8.85 Å². The van der Waals surface area contributed by atoms with Crippen LogP contribution in [0.25, 0.3) is 0 Å². The molecule has 0 rings (SSSR count). The maximum absolute atomic E-state index is 12.6. The molecule has 0 aliphatic heterocycles. The van der Waals surface area contributed by atoms with Gasteiger partial charge < -0.3 is 8.85 Å². The number of unbranched alkanes of at least 4 members (excludes halogenated alkanes) is 1. The minimum Gasteiger partial charge on any atom is -0.518 e. The molecule has 3 nitrogen and oxygen atoms in total. The lowest BCUT2D eigenvalue weighted by atomic mass is 10.2. The normalized spacial score (nSPS) is 14.4. The van der Waals surface area contributed by atoms with E-state index in [1.807, 2.05) is 27.7 Å². The van der Waals surface area contributed by atoms with Crippen molar-refractivity contribution in [2.24, 2.45) is 5.92 Å². The molecule has 5 heteroatoms. The first-order chi connectivity index (χ1) is 10.5. The van der Waals surface area contributed by atoms with Crippen molar-refractivity contribution in [3.05, 3.63) is 0 Å². The van der Waals surface area contributed by atoms with Crippen molar-refractivity contribution in [3.63, 3.8) is 0 Å². The third kappa shape index (κ3) is 7.99. The molecule has 0 aromatic rings. The van der Waals surface area contributed by atoms with E-state index in [2.05, 4.69) is 34.6 Å². The first-order valence-electron chi connectivity index (χ1n) is 9.10. The minimum absolute atomic E-state index is 0.0137. The predicted molar refractivity (Wildman–Crippen MR) is 102 cm³/mol. The number of carbonyl (C=O) groups excluding carboxylic acids is 1. The Labute approximate surface area is 148 Å². The molecule has 0 heterocycles. The molecule has 2 radical (unpaired) electrons. The summed E-state index contributed by atoms with van der Waals surface area (Å²) in [4.78, 5) is 12.6. The Bertz CT molecular complexity index is 341. The van der Waals surface area contributed by atoms with Gasteiger partial charge in [-0.15, -0.1) is 0 Å². The smallest absolute Gasteiger partial charge is 0.295 e. The second-order valence-electron chi connectivity index (χ2n) is 8.25. The van der Waals surface area contributed by atoms with E-state index >= 15 is 0 Å². The second-order valence-corrected chi connectivity index (χ2v) is 14.1. The van der Waals surface area contributed by atoms with E-state index in [0.29, 0.717) is 20.8 Å². The average molecular weight is 359 g/mol. The van der Waals surface area contributed by atoms with E-state index in [1.54, 1.807) is 0 Å². The Morgan fingerprint density at radius 2 is 1.61 bits per heavy atom.